The normalized spacial score (nSPS) is 10.7. The van der Waals surface area contributed by atoms with Crippen molar-refractivity contribution in [3.8, 4) is 11.1 Å². The molecule has 0 aliphatic carbocycles. The van der Waals surface area contributed by atoms with Crippen LogP contribution in [0.25, 0.3) is 22.2 Å². The Morgan fingerprint density at radius 1 is 1.00 bits per heavy atom. The molecule has 1 amide bonds. The van der Waals surface area contributed by atoms with Gasteiger partial charge in [-0.15, -0.1) is 0 Å². The van der Waals surface area contributed by atoms with E-state index in [2.05, 4.69) is 30.6 Å². The lowest BCUT2D eigenvalue weighted by molar-refractivity contribution is -0.114. The average Bonchev–Trinajstić information content (AvgIpc) is 2.55. The lowest BCUT2D eigenvalue weighted by atomic mass is 10.0. The molecule has 0 saturated carbocycles. The Kier molecular flexibility index (Phi) is 4.07. The van der Waals surface area contributed by atoms with Crippen LogP contribution in [-0.4, -0.2) is 32.9 Å². The van der Waals surface area contributed by atoms with Crippen LogP contribution < -0.4 is 10.6 Å². The molecule has 0 bridgehead atoms. The largest absolute Gasteiger partial charge is 0.357 e. The minimum Gasteiger partial charge on any atom is -0.357 e. The van der Waals surface area contributed by atoms with E-state index in [1.807, 2.05) is 26.0 Å². The summed E-state index contributed by atoms with van der Waals surface area (Å²) in [4.78, 5) is 28.8. The molecule has 0 radical (unpaired) electrons. The Bertz CT molecular complexity index is 938. The fourth-order valence-corrected chi connectivity index (χ4v) is 2.52. The Labute approximate surface area is 139 Å². The molecular weight excluding hydrogens is 304 g/mol. The second-order valence-corrected chi connectivity index (χ2v) is 5.52. The van der Waals surface area contributed by atoms with E-state index in [9.17, 15) is 4.79 Å². The summed E-state index contributed by atoms with van der Waals surface area (Å²) < 4.78 is 0. The van der Waals surface area contributed by atoms with E-state index < -0.39 is 0 Å². The predicted molar refractivity (Wildman–Crippen MR) is 93.9 cm³/mol. The monoisotopic (exact) mass is 322 g/mol. The van der Waals surface area contributed by atoms with Gasteiger partial charge in [-0.05, 0) is 26.0 Å². The van der Waals surface area contributed by atoms with Crippen LogP contribution in [0.15, 0.2) is 24.5 Å². The number of aromatic nitrogens is 4. The predicted octanol–water partition coefficient (Wildman–Crippen LogP) is 2.70. The second kappa shape index (κ2) is 6.19. The minimum atomic E-state index is -0.132. The van der Waals surface area contributed by atoms with E-state index in [0.717, 1.165) is 27.9 Å². The first-order valence-corrected chi connectivity index (χ1v) is 7.54. The van der Waals surface area contributed by atoms with Crippen LogP contribution >= 0.6 is 0 Å². The maximum atomic E-state index is 11.3. The summed E-state index contributed by atoms with van der Waals surface area (Å²) in [6.45, 7) is 5.33. The second-order valence-electron chi connectivity index (χ2n) is 5.52. The van der Waals surface area contributed by atoms with Gasteiger partial charge in [0.1, 0.15) is 0 Å². The zero-order valence-electron chi connectivity index (χ0n) is 14.0. The molecule has 0 atom stereocenters. The smallest absolute Gasteiger partial charge is 0.224 e. The van der Waals surface area contributed by atoms with Crippen molar-refractivity contribution in [2.75, 3.05) is 17.7 Å². The Morgan fingerprint density at radius 2 is 1.75 bits per heavy atom. The number of hydrogen-bond donors (Lipinski definition) is 2. The highest BCUT2D eigenvalue weighted by Gasteiger charge is 2.12. The van der Waals surface area contributed by atoms with Gasteiger partial charge in [0.25, 0.3) is 0 Å². The number of nitrogens with zero attached hydrogens (tertiary/aromatic N) is 4. The first-order chi connectivity index (χ1) is 11.5. The summed E-state index contributed by atoms with van der Waals surface area (Å²) in [6, 6.07) is 3.90. The lowest BCUT2D eigenvalue weighted by Gasteiger charge is -2.12. The van der Waals surface area contributed by atoms with Crippen molar-refractivity contribution in [2.45, 2.75) is 20.8 Å². The topological polar surface area (TPSA) is 92.7 Å². The molecule has 3 aromatic rings. The van der Waals surface area contributed by atoms with Crippen LogP contribution in [0.4, 0.5) is 11.6 Å². The number of anilines is 2. The molecule has 7 nitrogen and oxygen atoms in total. The van der Waals surface area contributed by atoms with Crippen molar-refractivity contribution in [1.29, 1.82) is 0 Å². The van der Waals surface area contributed by atoms with Gasteiger partial charge in [0.2, 0.25) is 11.9 Å². The highest BCUT2D eigenvalue weighted by molar-refractivity contribution is 5.90. The number of nitrogens with one attached hydrogen (secondary N) is 2. The van der Waals surface area contributed by atoms with E-state index in [1.165, 1.54) is 6.92 Å². The molecule has 0 saturated heterocycles. The molecule has 3 heterocycles. The van der Waals surface area contributed by atoms with E-state index >= 15 is 0 Å². The molecular formula is C17H18N6O. The zero-order valence-corrected chi connectivity index (χ0v) is 14.0. The number of amides is 1. The number of fused-ring (bicyclic) bond motifs is 1. The molecule has 0 unspecified atom stereocenters. The highest BCUT2D eigenvalue weighted by Crippen LogP contribution is 2.29. The fraction of sp³-hybridized carbons (Fsp3) is 0.235. The quantitative estimate of drug-likeness (QED) is 0.770. The van der Waals surface area contributed by atoms with Crippen LogP contribution in [0.3, 0.4) is 0 Å². The van der Waals surface area contributed by atoms with Crippen molar-refractivity contribution in [3.63, 3.8) is 0 Å². The van der Waals surface area contributed by atoms with Crippen LogP contribution in [0.5, 0.6) is 0 Å². The molecule has 0 aromatic carbocycles. The fourth-order valence-electron chi connectivity index (χ4n) is 2.52. The van der Waals surface area contributed by atoms with Crippen LogP contribution in [-0.2, 0) is 4.79 Å². The van der Waals surface area contributed by atoms with Crippen LogP contribution in [0.1, 0.15) is 18.3 Å². The molecule has 0 aliphatic heterocycles. The lowest BCUT2D eigenvalue weighted by Crippen LogP contribution is -2.07. The molecule has 0 spiro atoms. The Balaban J connectivity index is 2.15. The summed E-state index contributed by atoms with van der Waals surface area (Å²) in [5, 5.41) is 6.51. The Hall–Kier alpha value is -3.09. The number of pyridine rings is 2. The molecule has 24 heavy (non-hydrogen) atoms. The summed E-state index contributed by atoms with van der Waals surface area (Å²) in [5.41, 5.74) is 4.87. The van der Waals surface area contributed by atoms with Gasteiger partial charge in [0.15, 0.2) is 5.65 Å². The van der Waals surface area contributed by atoms with Gasteiger partial charge < -0.3 is 10.6 Å². The maximum Gasteiger partial charge on any atom is 0.224 e. The van der Waals surface area contributed by atoms with E-state index in [1.54, 1.807) is 19.4 Å². The first kappa shape index (κ1) is 15.8. The van der Waals surface area contributed by atoms with Gasteiger partial charge in [-0.25, -0.2) is 9.97 Å². The molecule has 0 aliphatic rings. The third-order valence-corrected chi connectivity index (χ3v) is 3.68. The maximum absolute atomic E-state index is 11.3. The third kappa shape index (κ3) is 3.01. The minimum absolute atomic E-state index is 0.132. The van der Waals surface area contributed by atoms with Gasteiger partial charge in [0, 0.05) is 48.1 Å². The van der Waals surface area contributed by atoms with Gasteiger partial charge in [-0.3, -0.25) is 9.78 Å². The SMILES string of the molecule is CNc1ncc2cc(-c3cc(NC(C)=O)cnc3C)c(C)nc2n1. The van der Waals surface area contributed by atoms with Crippen molar-refractivity contribution < 1.29 is 4.79 Å². The zero-order chi connectivity index (χ0) is 17.3. The van der Waals surface area contributed by atoms with Crippen molar-refractivity contribution in [1.82, 2.24) is 19.9 Å². The van der Waals surface area contributed by atoms with Gasteiger partial charge >= 0.3 is 0 Å². The third-order valence-electron chi connectivity index (χ3n) is 3.68. The highest BCUT2D eigenvalue weighted by atomic mass is 16.1. The number of carbonyl (C=O) groups is 1. The van der Waals surface area contributed by atoms with E-state index in [4.69, 9.17) is 0 Å². The summed E-state index contributed by atoms with van der Waals surface area (Å²) >= 11 is 0. The Morgan fingerprint density at radius 3 is 2.46 bits per heavy atom. The van der Waals surface area contributed by atoms with Crippen molar-refractivity contribution in [2.24, 2.45) is 0 Å². The summed E-state index contributed by atoms with van der Waals surface area (Å²) in [5.74, 6) is 0.403. The average molecular weight is 322 g/mol. The molecule has 2 N–H and O–H groups in total. The molecule has 0 fully saturated rings. The standard InChI is InChI=1S/C17H18N6O/c1-9-15(6-13(8-19-9)22-11(3)24)14-5-12-7-20-17(18-4)23-16(12)21-10(14)2/h5-8H,1-4H3,(H,22,24)(H,18,20,21,23). The number of rotatable bonds is 3. The molecule has 122 valence electrons. The molecule has 7 heteroatoms. The summed E-state index contributed by atoms with van der Waals surface area (Å²) in [6.07, 6.45) is 3.39. The first-order valence-electron chi connectivity index (χ1n) is 7.54. The van der Waals surface area contributed by atoms with Crippen molar-refractivity contribution in [3.05, 3.63) is 35.9 Å². The van der Waals surface area contributed by atoms with Gasteiger partial charge in [-0.1, -0.05) is 0 Å². The molecule has 3 aromatic heterocycles. The van der Waals surface area contributed by atoms with E-state index in [-0.39, 0.29) is 5.91 Å². The summed E-state index contributed by atoms with van der Waals surface area (Å²) in [7, 11) is 1.77. The molecule has 3 rings (SSSR count). The van der Waals surface area contributed by atoms with Gasteiger partial charge in [-0.2, -0.15) is 4.98 Å². The number of aryl methyl sites for hydroxylation is 2. The number of carbonyl (C=O) groups excluding carboxylic acids is 1. The van der Waals surface area contributed by atoms with Gasteiger partial charge in [0.05, 0.1) is 11.9 Å². The van der Waals surface area contributed by atoms with Crippen molar-refractivity contribution >= 4 is 28.6 Å². The van der Waals surface area contributed by atoms with E-state index in [0.29, 0.717) is 17.3 Å². The van der Waals surface area contributed by atoms with Crippen LogP contribution in [0, 0.1) is 13.8 Å². The van der Waals surface area contributed by atoms with Crippen LogP contribution in [0.2, 0.25) is 0 Å². The number of hydrogen-bond acceptors (Lipinski definition) is 6.